The molecule has 3 nitrogen and oxygen atoms in total. The van der Waals surface area contributed by atoms with Gasteiger partial charge in [-0.2, -0.15) is 0 Å². The lowest BCUT2D eigenvalue weighted by molar-refractivity contribution is 0.0185. The molecule has 0 spiro atoms. The average molecular weight is 435 g/mol. The smallest absolute Gasteiger partial charge is 0.138 e. The number of benzene rings is 2. The number of rotatable bonds is 6. The Bertz CT molecular complexity index is 768. The highest BCUT2D eigenvalue weighted by Gasteiger charge is 2.55. The normalized spacial score (nSPS) is 29.9. The zero-order chi connectivity index (χ0) is 19.1. The number of nitrogens with zero attached hydrogens (tertiary/aromatic N) is 1. The van der Waals surface area contributed by atoms with Crippen molar-refractivity contribution in [3.8, 4) is 0 Å². The average Bonchev–Trinajstić information content (AvgIpc) is 3.34. The predicted molar refractivity (Wildman–Crippen MR) is 117 cm³/mol. The van der Waals surface area contributed by atoms with Gasteiger partial charge in [0, 0.05) is 22.3 Å². The minimum atomic E-state index is -0.0596. The third kappa shape index (κ3) is 3.71. The molecular formula is C22H24Cl2N2OS. The minimum Gasteiger partial charge on any atom is -0.357 e. The monoisotopic (exact) mass is 434 g/mol. The number of ether oxygens (including phenoxy) is 1. The van der Waals surface area contributed by atoms with Gasteiger partial charge in [0.25, 0.3) is 0 Å². The molecule has 5 rings (SSSR count). The second kappa shape index (κ2) is 7.82. The van der Waals surface area contributed by atoms with Gasteiger partial charge in [-0.1, -0.05) is 47.5 Å². The molecule has 6 heteroatoms. The summed E-state index contributed by atoms with van der Waals surface area (Å²) in [4.78, 5) is 2.57. The fraction of sp³-hybridized carbons (Fsp3) is 0.455. The molecule has 2 aromatic rings. The highest BCUT2D eigenvalue weighted by atomic mass is 35.5. The van der Waals surface area contributed by atoms with E-state index in [0.717, 1.165) is 47.0 Å². The molecule has 3 aliphatic rings. The first-order valence-electron chi connectivity index (χ1n) is 9.88. The molecule has 2 aromatic carbocycles. The number of nitrogens with one attached hydrogen (secondary N) is 1. The molecule has 0 radical (unpaired) electrons. The quantitative estimate of drug-likeness (QED) is 0.647. The van der Waals surface area contributed by atoms with Gasteiger partial charge < -0.3 is 10.1 Å². The Morgan fingerprint density at radius 1 is 1.00 bits per heavy atom. The van der Waals surface area contributed by atoms with E-state index in [2.05, 4.69) is 34.5 Å². The van der Waals surface area contributed by atoms with Crippen molar-refractivity contribution < 1.29 is 4.74 Å². The zero-order valence-corrected chi connectivity index (χ0v) is 17.9. The molecule has 0 amide bonds. The molecule has 2 heterocycles. The number of hydrogen-bond donors (Lipinski definition) is 1. The Kier molecular flexibility index (Phi) is 5.37. The Labute approximate surface area is 180 Å². The van der Waals surface area contributed by atoms with Crippen molar-refractivity contribution in [3.63, 3.8) is 0 Å². The molecule has 0 bridgehead atoms. The van der Waals surface area contributed by atoms with E-state index in [-0.39, 0.29) is 17.1 Å². The van der Waals surface area contributed by atoms with Crippen LogP contribution in [0.1, 0.15) is 35.6 Å². The summed E-state index contributed by atoms with van der Waals surface area (Å²) >= 11 is 14.3. The Balaban J connectivity index is 1.45. The molecule has 148 valence electrons. The summed E-state index contributed by atoms with van der Waals surface area (Å²) in [6.07, 6.45) is 2.68. The van der Waals surface area contributed by atoms with Gasteiger partial charge in [-0.05, 0) is 60.7 Å². The number of halogens is 2. The van der Waals surface area contributed by atoms with Gasteiger partial charge in [0.2, 0.25) is 0 Å². The molecule has 2 saturated heterocycles. The van der Waals surface area contributed by atoms with Crippen LogP contribution in [-0.2, 0) is 4.74 Å². The number of fused-ring (bicyclic) bond motifs is 1. The molecule has 1 N–H and O–H groups in total. The molecule has 0 aromatic heterocycles. The van der Waals surface area contributed by atoms with Crippen LogP contribution in [0.5, 0.6) is 0 Å². The van der Waals surface area contributed by atoms with E-state index < -0.39 is 0 Å². The van der Waals surface area contributed by atoms with Gasteiger partial charge in [0.15, 0.2) is 0 Å². The second-order valence-electron chi connectivity index (χ2n) is 8.14. The number of thioether (sulfide) groups is 1. The van der Waals surface area contributed by atoms with Gasteiger partial charge in [0.1, 0.15) is 6.23 Å². The van der Waals surface area contributed by atoms with Crippen LogP contribution in [-0.4, -0.2) is 35.9 Å². The van der Waals surface area contributed by atoms with Crippen molar-refractivity contribution in [2.45, 2.75) is 30.0 Å². The fourth-order valence-electron chi connectivity index (χ4n) is 4.23. The predicted octanol–water partition coefficient (Wildman–Crippen LogP) is 5.51. The maximum Gasteiger partial charge on any atom is 0.138 e. The van der Waals surface area contributed by atoms with Crippen molar-refractivity contribution >= 4 is 35.0 Å². The molecule has 3 fully saturated rings. The molecule has 0 unspecified atom stereocenters. The lowest BCUT2D eigenvalue weighted by Gasteiger charge is -2.36. The molecular weight excluding hydrogens is 411 g/mol. The molecule has 1 aliphatic carbocycles. The molecule has 2 aliphatic heterocycles. The van der Waals surface area contributed by atoms with Crippen molar-refractivity contribution in [1.29, 1.82) is 0 Å². The summed E-state index contributed by atoms with van der Waals surface area (Å²) in [6, 6.07) is 16.3. The van der Waals surface area contributed by atoms with Crippen LogP contribution in [0.4, 0.5) is 0 Å². The summed E-state index contributed by atoms with van der Waals surface area (Å²) in [7, 11) is 0. The maximum absolute atomic E-state index is 6.40. The van der Waals surface area contributed by atoms with E-state index in [9.17, 15) is 0 Å². The van der Waals surface area contributed by atoms with Crippen LogP contribution < -0.4 is 5.32 Å². The van der Waals surface area contributed by atoms with E-state index in [1.54, 1.807) is 0 Å². The van der Waals surface area contributed by atoms with Gasteiger partial charge in [-0.3, -0.25) is 0 Å². The Morgan fingerprint density at radius 3 is 2.29 bits per heavy atom. The van der Waals surface area contributed by atoms with Crippen LogP contribution in [0.2, 0.25) is 10.0 Å². The van der Waals surface area contributed by atoms with E-state index in [4.69, 9.17) is 27.9 Å². The van der Waals surface area contributed by atoms with E-state index in [1.165, 1.54) is 18.4 Å². The van der Waals surface area contributed by atoms with Crippen molar-refractivity contribution in [2.24, 2.45) is 5.92 Å². The van der Waals surface area contributed by atoms with Crippen LogP contribution in [0.25, 0.3) is 0 Å². The van der Waals surface area contributed by atoms with E-state index in [0.29, 0.717) is 0 Å². The summed E-state index contributed by atoms with van der Waals surface area (Å²) in [5, 5.41) is 5.52. The molecule has 1 saturated carbocycles. The molecule has 3 atom stereocenters. The first kappa shape index (κ1) is 19.2. The second-order valence-corrected chi connectivity index (χ2v) is 10.1. The maximum atomic E-state index is 6.40. The summed E-state index contributed by atoms with van der Waals surface area (Å²) in [5.74, 6) is 1.93. The van der Waals surface area contributed by atoms with Crippen LogP contribution in [0, 0.1) is 5.92 Å². The SMILES string of the molecule is Clc1ccc([C@H]2OC[C@@]3(CNCC4CC4)CS[C@H](c4ccc(Cl)cc4)N23)cc1. The summed E-state index contributed by atoms with van der Waals surface area (Å²) < 4.78 is 6.40. The lowest BCUT2D eigenvalue weighted by Crippen LogP contribution is -2.52. The highest BCUT2D eigenvalue weighted by molar-refractivity contribution is 7.99. The van der Waals surface area contributed by atoms with Crippen LogP contribution >= 0.6 is 35.0 Å². The van der Waals surface area contributed by atoms with Crippen LogP contribution in [0.3, 0.4) is 0 Å². The number of hydrogen-bond acceptors (Lipinski definition) is 4. The standard InChI is InChI=1S/C22H24Cl2N2OS/c23-18-7-3-16(4-8-18)20-26-21(17-5-9-19(24)10-6-17)28-14-22(26,13-27-20)12-25-11-15-1-2-15/h3-10,15,20-21,25H,1-2,11-14H2/t20-,21-,22+/m1/s1. The summed E-state index contributed by atoms with van der Waals surface area (Å²) in [5.41, 5.74) is 2.45. The topological polar surface area (TPSA) is 24.5 Å². The van der Waals surface area contributed by atoms with Crippen LogP contribution in [0.15, 0.2) is 48.5 Å². The van der Waals surface area contributed by atoms with Gasteiger partial charge in [-0.15, -0.1) is 11.8 Å². The van der Waals surface area contributed by atoms with Crippen molar-refractivity contribution in [1.82, 2.24) is 10.2 Å². The highest BCUT2D eigenvalue weighted by Crippen LogP contribution is 2.55. The third-order valence-electron chi connectivity index (χ3n) is 5.97. The van der Waals surface area contributed by atoms with Crippen molar-refractivity contribution in [3.05, 3.63) is 69.7 Å². The molecule has 28 heavy (non-hydrogen) atoms. The van der Waals surface area contributed by atoms with Gasteiger partial charge in [-0.25, -0.2) is 4.90 Å². The van der Waals surface area contributed by atoms with Crippen molar-refractivity contribution in [2.75, 3.05) is 25.4 Å². The van der Waals surface area contributed by atoms with E-state index >= 15 is 0 Å². The van der Waals surface area contributed by atoms with Gasteiger partial charge in [0.05, 0.1) is 17.5 Å². The summed E-state index contributed by atoms with van der Waals surface area (Å²) in [6.45, 7) is 2.83. The van der Waals surface area contributed by atoms with E-state index in [1.807, 2.05) is 36.0 Å². The minimum absolute atomic E-state index is 0.00810. The first-order valence-corrected chi connectivity index (χ1v) is 11.7. The van der Waals surface area contributed by atoms with Gasteiger partial charge >= 0.3 is 0 Å². The fourth-order valence-corrected chi connectivity index (χ4v) is 6.13. The zero-order valence-electron chi connectivity index (χ0n) is 15.6. The third-order valence-corrected chi connectivity index (χ3v) is 7.99. The Hall–Kier alpha value is -0.750. The largest absolute Gasteiger partial charge is 0.357 e. The lowest BCUT2D eigenvalue weighted by atomic mass is 9.99. The first-order chi connectivity index (χ1) is 13.6. The Morgan fingerprint density at radius 2 is 1.64 bits per heavy atom.